The van der Waals surface area contributed by atoms with Crippen molar-refractivity contribution >= 4 is 23.4 Å². The minimum absolute atomic E-state index is 0.244. The number of aromatic nitrogens is 1. The summed E-state index contributed by atoms with van der Waals surface area (Å²) in [5, 5.41) is 2.67. The number of thiazole rings is 1. The number of esters is 1. The first-order chi connectivity index (χ1) is 11.8. The highest BCUT2D eigenvalue weighted by Crippen LogP contribution is 2.14. The van der Waals surface area contributed by atoms with E-state index >= 15 is 0 Å². The van der Waals surface area contributed by atoms with E-state index in [1.54, 1.807) is 17.2 Å². The van der Waals surface area contributed by atoms with E-state index in [9.17, 15) is 9.59 Å². The standard InChI is InChI=1S/C17H27N3O4S/c1-5-23-15(21)13-12-25-14(18-13)6-7-19-8-10-20(11-9-19)16(22)24-17(2,3)4/h12H,5-11H2,1-4H3. The second-order valence-electron chi connectivity index (χ2n) is 6.91. The molecule has 8 heteroatoms. The molecule has 1 aromatic rings. The fourth-order valence-corrected chi connectivity index (χ4v) is 3.22. The molecule has 0 unspecified atom stereocenters. The number of hydrogen-bond donors (Lipinski definition) is 0. The molecule has 25 heavy (non-hydrogen) atoms. The minimum atomic E-state index is -0.463. The second-order valence-corrected chi connectivity index (χ2v) is 7.85. The van der Waals surface area contributed by atoms with E-state index in [0.29, 0.717) is 25.4 Å². The predicted octanol–water partition coefficient (Wildman–Crippen LogP) is 2.42. The zero-order valence-electron chi connectivity index (χ0n) is 15.4. The molecule has 2 heterocycles. The Morgan fingerprint density at radius 2 is 1.92 bits per heavy atom. The van der Waals surface area contributed by atoms with Gasteiger partial charge in [-0.1, -0.05) is 0 Å². The van der Waals surface area contributed by atoms with Crippen molar-refractivity contribution in [1.82, 2.24) is 14.8 Å². The summed E-state index contributed by atoms with van der Waals surface area (Å²) in [4.78, 5) is 32.1. The Hall–Kier alpha value is -1.67. The number of nitrogens with zero attached hydrogens (tertiary/aromatic N) is 3. The summed E-state index contributed by atoms with van der Waals surface area (Å²) >= 11 is 1.48. The maximum atomic E-state index is 12.1. The van der Waals surface area contributed by atoms with Gasteiger partial charge >= 0.3 is 12.1 Å². The number of carbonyl (C=O) groups excluding carboxylic acids is 2. The summed E-state index contributed by atoms with van der Waals surface area (Å²) in [6.45, 7) is 11.6. The molecule has 7 nitrogen and oxygen atoms in total. The van der Waals surface area contributed by atoms with Crippen LogP contribution in [0.5, 0.6) is 0 Å². The lowest BCUT2D eigenvalue weighted by atomic mass is 10.2. The van der Waals surface area contributed by atoms with Crippen LogP contribution in [0.1, 0.15) is 43.2 Å². The van der Waals surface area contributed by atoms with Gasteiger partial charge in [0, 0.05) is 44.5 Å². The molecular weight excluding hydrogens is 342 g/mol. The van der Waals surface area contributed by atoms with E-state index in [1.807, 2.05) is 20.8 Å². The van der Waals surface area contributed by atoms with E-state index < -0.39 is 5.60 Å². The van der Waals surface area contributed by atoms with Crippen LogP contribution >= 0.6 is 11.3 Å². The van der Waals surface area contributed by atoms with Crippen LogP contribution in [-0.4, -0.2) is 71.8 Å². The van der Waals surface area contributed by atoms with E-state index in [1.165, 1.54) is 11.3 Å². The lowest BCUT2D eigenvalue weighted by Gasteiger charge is -2.35. The first kappa shape index (κ1) is 19.7. The lowest BCUT2D eigenvalue weighted by molar-refractivity contribution is 0.0146. The largest absolute Gasteiger partial charge is 0.461 e. The van der Waals surface area contributed by atoms with Gasteiger partial charge in [0.25, 0.3) is 0 Å². The number of carbonyl (C=O) groups is 2. The Bertz CT molecular complexity index is 589. The van der Waals surface area contributed by atoms with Gasteiger partial charge in [-0.2, -0.15) is 0 Å². The normalized spacial score (nSPS) is 15.9. The van der Waals surface area contributed by atoms with Crippen LogP contribution in [-0.2, 0) is 15.9 Å². The van der Waals surface area contributed by atoms with Crippen LogP contribution in [0.25, 0.3) is 0 Å². The fourth-order valence-electron chi connectivity index (χ4n) is 2.46. The number of amides is 1. The molecule has 1 aromatic heterocycles. The molecule has 1 amide bonds. The van der Waals surface area contributed by atoms with E-state index in [2.05, 4.69) is 9.88 Å². The molecule has 1 aliphatic rings. The van der Waals surface area contributed by atoms with Crippen molar-refractivity contribution in [3.05, 3.63) is 16.1 Å². The SMILES string of the molecule is CCOC(=O)c1csc(CCN2CCN(C(=O)OC(C)(C)C)CC2)n1. The van der Waals surface area contributed by atoms with Gasteiger partial charge in [0.1, 0.15) is 5.60 Å². The van der Waals surface area contributed by atoms with Crippen molar-refractivity contribution in [2.75, 3.05) is 39.3 Å². The number of ether oxygens (including phenoxy) is 2. The Balaban J connectivity index is 1.74. The highest BCUT2D eigenvalue weighted by Gasteiger charge is 2.25. The molecule has 1 aliphatic heterocycles. The minimum Gasteiger partial charge on any atom is -0.461 e. The van der Waals surface area contributed by atoms with Crippen LogP contribution in [0, 0.1) is 0 Å². The molecular formula is C17H27N3O4S. The summed E-state index contributed by atoms with van der Waals surface area (Å²) in [6, 6.07) is 0. The van der Waals surface area contributed by atoms with Gasteiger partial charge in [0.05, 0.1) is 11.6 Å². The van der Waals surface area contributed by atoms with Crippen LogP contribution < -0.4 is 0 Å². The number of piperazine rings is 1. The van der Waals surface area contributed by atoms with Gasteiger partial charge in [-0.05, 0) is 27.7 Å². The molecule has 0 bridgehead atoms. The quantitative estimate of drug-likeness (QED) is 0.742. The zero-order chi connectivity index (χ0) is 18.4. The first-order valence-electron chi connectivity index (χ1n) is 8.60. The van der Waals surface area contributed by atoms with Crippen molar-refractivity contribution in [2.24, 2.45) is 0 Å². The third-order valence-corrected chi connectivity index (χ3v) is 4.61. The number of hydrogen-bond acceptors (Lipinski definition) is 7. The van der Waals surface area contributed by atoms with E-state index in [-0.39, 0.29) is 12.1 Å². The third kappa shape index (κ3) is 6.28. The molecule has 0 N–H and O–H groups in total. The highest BCUT2D eigenvalue weighted by molar-refractivity contribution is 7.09. The zero-order valence-corrected chi connectivity index (χ0v) is 16.2. The van der Waals surface area contributed by atoms with Crippen LogP contribution in [0.3, 0.4) is 0 Å². The molecule has 140 valence electrons. The van der Waals surface area contributed by atoms with Crippen LogP contribution in [0.4, 0.5) is 4.79 Å². The van der Waals surface area contributed by atoms with Gasteiger partial charge in [-0.25, -0.2) is 14.6 Å². The molecule has 0 aromatic carbocycles. The Kier molecular flexibility index (Phi) is 6.78. The van der Waals surface area contributed by atoms with Gasteiger partial charge in [0.2, 0.25) is 0 Å². The molecule has 1 fully saturated rings. The molecule has 0 saturated carbocycles. The first-order valence-corrected chi connectivity index (χ1v) is 9.48. The summed E-state index contributed by atoms with van der Waals surface area (Å²) < 4.78 is 10.4. The average Bonchev–Trinajstić information content (AvgIpc) is 3.01. The predicted molar refractivity (Wildman–Crippen MR) is 96.0 cm³/mol. The molecule has 0 radical (unpaired) electrons. The van der Waals surface area contributed by atoms with Gasteiger partial charge in [0.15, 0.2) is 5.69 Å². The van der Waals surface area contributed by atoms with E-state index in [0.717, 1.165) is 31.1 Å². The molecule has 2 rings (SSSR count). The highest BCUT2D eigenvalue weighted by atomic mass is 32.1. The third-order valence-electron chi connectivity index (χ3n) is 3.70. The maximum absolute atomic E-state index is 12.1. The van der Waals surface area contributed by atoms with Gasteiger partial charge in [-0.15, -0.1) is 11.3 Å². The molecule has 0 spiro atoms. The molecule has 0 aliphatic carbocycles. The lowest BCUT2D eigenvalue weighted by Crippen LogP contribution is -2.50. The van der Waals surface area contributed by atoms with Crippen LogP contribution in [0.2, 0.25) is 0 Å². The summed E-state index contributed by atoms with van der Waals surface area (Å²) in [7, 11) is 0. The Labute approximate surface area is 152 Å². The summed E-state index contributed by atoms with van der Waals surface area (Å²) in [5.74, 6) is -0.365. The Morgan fingerprint density at radius 1 is 1.24 bits per heavy atom. The smallest absolute Gasteiger partial charge is 0.410 e. The summed E-state index contributed by atoms with van der Waals surface area (Å²) in [5.41, 5.74) is -0.0769. The van der Waals surface area contributed by atoms with Gasteiger partial charge in [-0.3, -0.25) is 4.90 Å². The maximum Gasteiger partial charge on any atom is 0.410 e. The summed E-state index contributed by atoms with van der Waals surface area (Å²) in [6.07, 6.45) is 0.544. The Morgan fingerprint density at radius 3 is 2.52 bits per heavy atom. The average molecular weight is 369 g/mol. The topological polar surface area (TPSA) is 72.0 Å². The fraction of sp³-hybridized carbons (Fsp3) is 0.706. The van der Waals surface area contributed by atoms with Crippen molar-refractivity contribution in [3.63, 3.8) is 0 Å². The van der Waals surface area contributed by atoms with Crippen molar-refractivity contribution < 1.29 is 19.1 Å². The molecule has 0 atom stereocenters. The van der Waals surface area contributed by atoms with Crippen LogP contribution in [0.15, 0.2) is 5.38 Å². The number of rotatable bonds is 5. The van der Waals surface area contributed by atoms with Gasteiger partial charge < -0.3 is 14.4 Å². The monoisotopic (exact) mass is 369 g/mol. The van der Waals surface area contributed by atoms with Crippen molar-refractivity contribution in [2.45, 2.75) is 39.7 Å². The molecule has 1 saturated heterocycles. The second kappa shape index (κ2) is 8.62. The van der Waals surface area contributed by atoms with Crippen molar-refractivity contribution in [3.8, 4) is 0 Å². The van der Waals surface area contributed by atoms with E-state index in [4.69, 9.17) is 9.47 Å². The van der Waals surface area contributed by atoms with Crippen molar-refractivity contribution in [1.29, 1.82) is 0 Å².